The average Bonchev–Trinajstić information content (AvgIpc) is 2.91. The van der Waals surface area contributed by atoms with Crippen LogP contribution in [0.2, 0.25) is 0 Å². The first-order valence-corrected chi connectivity index (χ1v) is 10.5. The van der Waals surface area contributed by atoms with Gasteiger partial charge in [-0.3, -0.25) is 0 Å². The Morgan fingerprint density at radius 1 is 1.34 bits per heavy atom. The normalized spacial score (nSPS) is 24.7. The van der Waals surface area contributed by atoms with Crippen molar-refractivity contribution in [1.82, 2.24) is 9.88 Å². The standard InChI is InChI=1S/C22H35N3O4/c1-15-10-17(11-18-14-27-22(6,7)28-18)12-23-19(15)24-8-9-25(16(2)13-24)20(26)29-21(3,4)5/h10,12,16,18H,8-9,11,13-14H2,1-7H3/t16?,18-/m1/s1. The van der Waals surface area contributed by atoms with E-state index in [9.17, 15) is 4.79 Å². The van der Waals surface area contributed by atoms with E-state index in [1.165, 1.54) is 0 Å². The first kappa shape index (κ1) is 21.8. The molecule has 0 bridgehead atoms. The predicted molar refractivity (Wildman–Crippen MR) is 112 cm³/mol. The van der Waals surface area contributed by atoms with Crippen molar-refractivity contribution in [2.24, 2.45) is 0 Å². The lowest BCUT2D eigenvalue weighted by atomic mass is 10.1. The third-order valence-corrected chi connectivity index (χ3v) is 5.19. The Hall–Kier alpha value is -1.86. The van der Waals surface area contributed by atoms with E-state index in [-0.39, 0.29) is 18.2 Å². The Morgan fingerprint density at radius 3 is 2.62 bits per heavy atom. The van der Waals surface area contributed by atoms with Crippen LogP contribution in [0.15, 0.2) is 12.3 Å². The topological polar surface area (TPSA) is 64.1 Å². The molecule has 1 amide bonds. The third-order valence-electron chi connectivity index (χ3n) is 5.19. The summed E-state index contributed by atoms with van der Waals surface area (Å²) in [5.74, 6) is 0.477. The molecule has 1 unspecified atom stereocenters. The highest BCUT2D eigenvalue weighted by Gasteiger charge is 2.33. The number of aryl methyl sites for hydroxylation is 1. The summed E-state index contributed by atoms with van der Waals surface area (Å²) < 4.78 is 17.1. The molecule has 0 radical (unpaired) electrons. The van der Waals surface area contributed by atoms with E-state index in [0.717, 1.165) is 36.5 Å². The lowest BCUT2D eigenvalue weighted by molar-refractivity contribution is -0.138. The van der Waals surface area contributed by atoms with Crippen molar-refractivity contribution in [3.05, 3.63) is 23.4 Å². The van der Waals surface area contributed by atoms with Crippen molar-refractivity contribution in [3.63, 3.8) is 0 Å². The Kier molecular flexibility index (Phi) is 6.11. The molecule has 2 atom stereocenters. The van der Waals surface area contributed by atoms with E-state index in [2.05, 4.69) is 24.8 Å². The number of anilines is 1. The first-order chi connectivity index (χ1) is 13.4. The SMILES string of the molecule is Cc1cc(C[C@@H]2COC(C)(C)O2)cnc1N1CCN(C(=O)OC(C)(C)C)C(C)C1. The average molecular weight is 406 g/mol. The van der Waals surface area contributed by atoms with Gasteiger partial charge in [-0.05, 0) is 59.6 Å². The highest BCUT2D eigenvalue weighted by Crippen LogP contribution is 2.27. The van der Waals surface area contributed by atoms with Crippen LogP contribution < -0.4 is 4.90 Å². The van der Waals surface area contributed by atoms with Crippen molar-refractivity contribution < 1.29 is 19.0 Å². The Labute approximate surface area is 174 Å². The number of hydrogen-bond acceptors (Lipinski definition) is 6. The van der Waals surface area contributed by atoms with Crippen LogP contribution in [0.3, 0.4) is 0 Å². The summed E-state index contributed by atoms with van der Waals surface area (Å²) in [7, 11) is 0. The quantitative estimate of drug-likeness (QED) is 0.767. The van der Waals surface area contributed by atoms with Gasteiger partial charge in [0.15, 0.2) is 5.79 Å². The molecule has 7 nitrogen and oxygen atoms in total. The number of hydrogen-bond donors (Lipinski definition) is 0. The van der Waals surface area contributed by atoms with E-state index >= 15 is 0 Å². The number of carbonyl (C=O) groups excluding carboxylic acids is 1. The van der Waals surface area contributed by atoms with Gasteiger partial charge < -0.3 is 24.0 Å². The fourth-order valence-corrected chi connectivity index (χ4v) is 3.94. The second kappa shape index (κ2) is 8.11. The maximum absolute atomic E-state index is 12.4. The number of rotatable bonds is 3. The molecule has 3 rings (SSSR count). The molecular weight excluding hydrogens is 370 g/mol. The molecule has 2 fully saturated rings. The number of pyridine rings is 1. The number of amides is 1. The smallest absolute Gasteiger partial charge is 0.410 e. The molecule has 29 heavy (non-hydrogen) atoms. The zero-order valence-corrected chi connectivity index (χ0v) is 18.8. The van der Waals surface area contributed by atoms with Gasteiger partial charge in [0.05, 0.1) is 12.7 Å². The fourth-order valence-electron chi connectivity index (χ4n) is 3.94. The van der Waals surface area contributed by atoms with Crippen LogP contribution in [-0.4, -0.2) is 65.8 Å². The van der Waals surface area contributed by atoms with Crippen LogP contribution in [0.4, 0.5) is 10.6 Å². The fraction of sp³-hybridized carbons (Fsp3) is 0.727. The van der Waals surface area contributed by atoms with Crippen LogP contribution >= 0.6 is 0 Å². The zero-order valence-electron chi connectivity index (χ0n) is 18.8. The Bertz CT molecular complexity index is 744. The van der Waals surface area contributed by atoms with Crippen LogP contribution in [0.25, 0.3) is 0 Å². The summed E-state index contributed by atoms with van der Waals surface area (Å²) in [6.45, 7) is 16.4. The number of aromatic nitrogens is 1. The van der Waals surface area contributed by atoms with Crippen molar-refractivity contribution in [1.29, 1.82) is 0 Å². The van der Waals surface area contributed by atoms with Crippen LogP contribution in [-0.2, 0) is 20.6 Å². The molecule has 0 N–H and O–H groups in total. The van der Waals surface area contributed by atoms with Gasteiger partial charge in [0.2, 0.25) is 0 Å². The van der Waals surface area contributed by atoms with Gasteiger partial charge in [0, 0.05) is 38.3 Å². The molecule has 2 saturated heterocycles. The van der Waals surface area contributed by atoms with E-state index in [0.29, 0.717) is 13.2 Å². The number of nitrogens with zero attached hydrogens (tertiary/aromatic N) is 3. The maximum atomic E-state index is 12.4. The van der Waals surface area contributed by atoms with E-state index in [1.54, 1.807) is 0 Å². The van der Waals surface area contributed by atoms with Gasteiger partial charge in [-0.25, -0.2) is 9.78 Å². The number of ether oxygens (including phenoxy) is 3. The van der Waals surface area contributed by atoms with Gasteiger partial charge in [0.25, 0.3) is 0 Å². The first-order valence-electron chi connectivity index (χ1n) is 10.5. The molecule has 1 aromatic rings. The number of carbonyl (C=O) groups is 1. The molecule has 3 heterocycles. The monoisotopic (exact) mass is 405 g/mol. The Morgan fingerprint density at radius 2 is 2.07 bits per heavy atom. The Balaban J connectivity index is 1.61. The second-order valence-electron chi connectivity index (χ2n) is 9.61. The highest BCUT2D eigenvalue weighted by atomic mass is 16.7. The zero-order chi connectivity index (χ0) is 21.4. The van der Waals surface area contributed by atoms with Gasteiger partial charge in [-0.15, -0.1) is 0 Å². The van der Waals surface area contributed by atoms with Crippen molar-refractivity contribution >= 4 is 11.9 Å². The summed E-state index contributed by atoms with van der Waals surface area (Å²) in [5.41, 5.74) is 1.81. The van der Waals surface area contributed by atoms with E-state index in [4.69, 9.17) is 19.2 Å². The van der Waals surface area contributed by atoms with Gasteiger partial charge in [0.1, 0.15) is 11.4 Å². The highest BCUT2D eigenvalue weighted by molar-refractivity contribution is 5.69. The van der Waals surface area contributed by atoms with E-state index < -0.39 is 11.4 Å². The summed E-state index contributed by atoms with van der Waals surface area (Å²) in [6.07, 6.45) is 2.54. The van der Waals surface area contributed by atoms with E-state index in [1.807, 2.05) is 45.7 Å². The minimum atomic E-state index is -0.503. The van der Waals surface area contributed by atoms with Crippen LogP contribution in [0.1, 0.15) is 52.7 Å². The summed E-state index contributed by atoms with van der Waals surface area (Å²) in [6, 6.07) is 2.24. The van der Waals surface area contributed by atoms with Gasteiger partial charge in [-0.1, -0.05) is 6.07 Å². The molecule has 0 spiro atoms. The van der Waals surface area contributed by atoms with Crippen molar-refractivity contribution in [2.75, 3.05) is 31.1 Å². The van der Waals surface area contributed by atoms with Gasteiger partial charge >= 0.3 is 6.09 Å². The van der Waals surface area contributed by atoms with Crippen LogP contribution in [0, 0.1) is 6.92 Å². The molecule has 162 valence electrons. The molecule has 7 heteroatoms. The molecular formula is C22H35N3O4. The largest absolute Gasteiger partial charge is 0.444 e. The summed E-state index contributed by atoms with van der Waals surface area (Å²) >= 11 is 0. The van der Waals surface area contributed by atoms with Crippen molar-refractivity contribution in [2.45, 2.75) is 78.4 Å². The van der Waals surface area contributed by atoms with Crippen LogP contribution in [0.5, 0.6) is 0 Å². The lowest BCUT2D eigenvalue weighted by Crippen LogP contribution is -2.55. The molecule has 1 aromatic heterocycles. The minimum Gasteiger partial charge on any atom is -0.444 e. The molecule has 0 saturated carbocycles. The second-order valence-corrected chi connectivity index (χ2v) is 9.61. The maximum Gasteiger partial charge on any atom is 0.410 e. The van der Waals surface area contributed by atoms with Crippen molar-refractivity contribution in [3.8, 4) is 0 Å². The third kappa shape index (κ3) is 5.60. The molecule has 2 aliphatic heterocycles. The minimum absolute atomic E-state index is 0.0609. The molecule has 0 aliphatic carbocycles. The summed E-state index contributed by atoms with van der Waals surface area (Å²) in [5, 5.41) is 0. The lowest BCUT2D eigenvalue weighted by Gasteiger charge is -2.41. The number of piperazine rings is 1. The molecule has 2 aliphatic rings. The predicted octanol–water partition coefficient (Wildman–Crippen LogP) is 3.53. The van der Waals surface area contributed by atoms with Gasteiger partial charge in [-0.2, -0.15) is 0 Å². The summed E-state index contributed by atoms with van der Waals surface area (Å²) in [4.78, 5) is 21.2. The molecule has 0 aromatic carbocycles.